The highest BCUT2D eigenvalue weighted by Gasteiger charge is 2.38. The summed E-state index contributed by atoms with van der Waals surface area (Å²) < 4.78 is 51.6. The largest absolute Gasteiger partial charge is 0.460 e. The zero-order chi connectivity index (χ0) is 29.1. The molecule has 1 amide bonds. The number of ether oxygens (including phenoxy) is 1. The van der Waals surface area contributed by atoms with E-state index in [1.807, 2.05) is 18.2 Å². The van der Waals surface area contributed by atoms with E-state index in [0.29, 0.717) is 50.3 Å². The van der Waals surface area contributed by atoms with Gasteiger partial charge in [-0.2, -0.15) is 13.2 Å². The summed E-state index contributed by atoms with van der Waals surface area (Å²) in [7, 11) is 0. The normalized spacial score (nSPS) is 20.3. The lowest BCUT2D eigenvalue weighted by molar-refractivity contribution is -0.388. The Balaban J connectivity index is 1.03. The molecule has 220 valence electrons. The van der Waals surface area contributed by atoms with Crippen LogP contribution in [0.4, 0.5) is 24.5 Å². The lowest BCUT2D eigenvalue weighted by Crippen LogP contribution is -2.49. The molecule has 0 bridgehead atoms. The zero-order valence-electron chi connectivity index (χ0n) is 22.2. The van der Waals surface area contributed by atoms with E-state index >= 15 is 0 Å². The number of fused-ring (bicyclic) bond motifs is 1. The molecule has 1 aliphatic heterocycles. The molecule has 2 aliphatic rings. The Morgan fingerprint density at radius 1 is 1.07 bits per heavy atom. The molecule has 1 aromatic heterocycles. The van der Waals surface area contributed by atoms with Gasteiger partial charge in [0.1, 0.15) is 23.5 Å². The van der Waals surface area contributed by atoms with Crippen molar-refractivity contribution in [3.8, 4) is 0 Å². The zero-order valence-corrected chi connectivity index (χ0v) is 22.9. The van der Waals surface area contributed by atoms with E-state index in [1.54, 1.807) is 11.0 Å². The van der Waals surface area contributed by atoms with Crippen molar-refractivity contribution in [1.29, 1.82) is 0 Å². The number of carbonyl (C=O) groups excluding carboxylic acids is 1. The maximum absolute atomic E-state index is 13.3. The number of amides is 1. The van der Waals surface area contributed by atoms with Crippen LogP contribution < -0.4 is 5.32 Å². The number of rotatable bonds is 8. The summed E-state index contributed by atoms with van der Waals surface area (Å²) in [4.78, 5) is 26.7. The van der Waals surface area contributed by atoms with Gasteiger partial charge < -0.3 is 19.4 Å². The van der Waals surface area contributed by atoms with Gasteiger partial charge in [0.15, 0.2) is 0 Å². The second-order valence-electron chi connectivity index (χ2n) is 10.5. The molecule has 5 rings (SSSR count). The van der Waals surface area contributed by atoms with Crippen molar-refractivity contribution >= 4 is 39.9 Å². The molecule has 0 spiro atoms. The van der Waals surface area contributed by atoms with Gasteiger partial charge in [-0.1, -0.05) is 11.6 Å². The Labute approximate surface area is 239 Å². The minimum absolute atomic E-state index is 0.00953. The number of alkyl halides is 3. The van der Waals surface area contributed by atoms with Crippen LogP contribution in [-0.4, -0.2) is 65.6 Å². The van der Waals surface area contributed by atoms with Gasteiger partial charge in [0.2, 0.25) is 5.91 Å². The molecule has 1 saturated carbocycles. The summed E-state index contributed by atoms with van der Waals surface area (Å²) in [6, 6.07) is 10.4. The molecular formula is C28H30ClF3N4O5. The van der Waals surface area contributed by atoms with Crippen molar-refractivity contribution in [1.82, 2.24) is 9.80 Å². The van der Waals surface area contributed by atoms with Crippen molar-refractivity contribution in [2.45, 2.75) is 50.6 Å². The number of anilines is 1. The van der Waals surface area contributed by atoms with Gasteiger partial charge in [-0.25, -0.2) is 0 Å². The molecule has 0 unspecified atom stereocenters. The number of hydrogen-bond acceptors (Lipinski definition) is 7. The lowest BCUT2D eigenvalue weighted by Gasteiger charge is -2.35. The number of nitrogens with one attached hydrogen (secondary N) is 1. The van der Waals surface area contributed by atoms with Crippen LogP contribution in [-0.2, 0) is 22.3 Å². The molecule has 2 aromatic carbocycles. The molecule has 9 nitrogen and oxygen atoms in total. The molecule has 41 heavy (non-hydrogen) atoms. The number of nitro groups is 1. The molecule has 1 N–H and O–H groups in total. The summed E-state index contributed by atoms with van der Waals surface area (Å²) in [5.41, 5.74) is -1.30. The van der Waals surface area contributed by atoms with E-state index in [4.69, 9.17) is 20.8 Å². The van der Waals surface area contributed by atoms with E-state index in [2.05, 4.69) is 10.2 Å². The highest BCUT2D eigenvalue weighted by Crippen LogP contribution is 2.38. The molecular weight excluding hydrogens is 565 g/mol. The van der Waals surface area contributed by atoms with Crippen molar-refractivity contribution in [3.63, 3.8) is 0 Å². The number of piperazine rings is 1. The van der Waals surface area contributed by atoms with Crippen LogP contribution in [0.5, 0.6) is 0 Å². The van der Waals surface area contributed by atoms with Crippen LogP contribution in [0, 0.1) is 10.1 Å². The monoisotopic (exact) mass is 594 g/mol. The van der Waals surface area contributed by atoms with Gasteiger partial charge in [0.25, 0.3) is 5.69 Å². The molecule has 13 heteroatoms. The highest BCUT2D eigenvalue weighted by atomic mass is 35.5. The molecule has 2 heterocycles. The highest BCUT2D eigenvalue weighted by molar-refractivity contribution is 6.31. The minimum Gasteiger partial charge on any atom is -0.460 e. The van der Waals surface area contributed by atoms with E-state index in [9.17, 15) is 28.1 Å². The second-order valence-corrected chi connectivity index (χ2v) is 10.9. The van der Waals surface area contributed by atoms with Crippen molar-refractivity contribution < 1.29 is 32.0 Å². The minimum atomic E-state index is -4.82. The number of hydrogen-bond donors (Lipinski definition) is 1. The Hall–Kier alpha value is -3.35. The first-order valence-electron chi connectivity index (χ1n) is 13.5. The number of furan rings is 1. The fourth-order valence-corrected chi connectivity index (χ4v) is 5.58. The van der Waals surface area contributed by atoms with Gasteiger partial charge in [0.05, 0.1) is 17.6 Å². The van der Waals surface area contributed by atoms with E-state index < -0.39 is 22.4 Å². The maximum Gasteiger partial charge on any atom is 0.423 e. The van der Waals surface area contributed by atoms with Crippen LogP contribution in [0.2, 0.25) is 5.02 Å². The first-order valence-corrected chi connectivity index (χ1v) is 13.8. The Morgan fingerprint density at radius 3 is 2.49 bits per heavy atom. The van der Waals surface area contributed by atoms with Crippen molar-refractivity contribution in [2.24, 2.45) is 0 Å². The number of halogens is 4. The van der Waals surface area contributed by atoms with Crippen LogP contribution in [0.25, 0.3) is 11.0 Å². The molecule has 3 aromatic rings. The predicted octanol–water partition coefficient (Wildman–Crippen LogP) is 6.10. The third kappa shape index (κ3) is 7.30. The Bertz CT molecular complexity index is 1400. The van der Waals surface area contributed by atoms with Gasteiger partial charge >= 0.3 is 6.18 Å². The Kier molecular flexibility index (Phi) is 8.71. The van der Waals surface area contributed by atoms with Crippen LogP contribution >= 0.6 is 11.6 Å². The fraction of sp³-hybridized carbons (Fsp3) is 0.464. The van der Waals surface area contributed by atoms with Gasteiger partial charge in [-0.05, 0) is 56.0 Å². The van der Waals surface area contributed by atoms with Gasteiger partial charge in [-0.15, -0.1) is 0 Å². The topological polar surface area (TPSA) is 101 Å². The van der Waals surface area contributed by atoms with E-state index in [0.717, 1.165) is 42.0 Å². The van der Waals surface area contributed by atoms with E-state index in [-0.39, 0.29) is 30.3 Å². The first kappa shape index (κ1) is 29.2. The van der Waals surface area contributed by atoms with Gasteiger partial charge in [-0.3, -0.25) is 19.8 Å². The fourth-order valence-electron chi connectivity index (χ4n) is 5.42. The summed E-state index contributed by atoms with van der Waals surface area (Å²) >= 11 is 6.04. The lowest BCUT2D eigenvalue weighted by atomic mass is 9.92. The standard InChI is InChI=1S/C28H30ClF3N4O5/c29-19-2-1-18-13-23(41-26(18)14-19)16-34-9-11-35(12-10-34)27(37)17-40-22-6-3-20(4-7-22)33-21-5-8-25(36(38)39)24(15-21)28(30,31)32/h1-2,5,8,13-15,20,22,33H,3-4,6-7,9-12,16-17H2. The van der Waals surface area contributed by atoms with Crippen molar-refractivity contribution in [3.05, 3.63) is 68.9 Å². The first-order chi connectivity index (χ1) is 19.5. The van der Waals surface area contributed by atoms with E-state index in [1.165, 1.54) is 6.07 Å². The SMILES string of the molecule is O=C(COC1CCC(Nc2ccc([N+](=O)[O-])c(C(F)(F)F)c2)CC1)N1CCN(Cc2cc3ccc(Cl)cc3o2)CC1. The number of nitrogens with zero attached hydrogens (tertiary/aromatic N) is 3. The maximum atomic E-state index is 13.3. The Morgan fingerprint density at radius 2 is 1.80 bits per heavy atom. The summed E-state index contributed by atoms with van der Waals surface area (Å²) in [5.74, 6) is 0.790. The average molecular weight is 595 g/mol. The third-order valence-corrected chi connectivity index (χ3v) is 7.86. The summed E-state index contributed by atoms with van der Waals surface area (Å²) in [5, 5.41) is 15.7. The van der Waals surface area contributed by atoms with Crippen molar-refractivity contribution in [2.75, 3.05) is 38.1 Å². The summed E-state index contributed by atoms with van der Waals surface area (Å²) in [6.07, 6.45) is -2.34. The summed E-state index contributed by atoms with van der Waals surface area (Å²) in [6.45, 7) is 3.28. The molecule has 0 atom stereocenters. The molecule has 1 saturated heterocycles. The molecule has 0 radical (unpaired) electrons. The second kappa shape index (κ2) is 12.3. The van der Waals surface area contributed by atoms with Crippen LogP contribution in [0.1, 0.15) is 37.0 Å². The van der Waals surface area contributed by atoms with Crippen LogP contribution in [0.15, 0.2) is 46.9 Å². The smallest absolute Gasteiger partial charge is 0.423 e. The third-order valence-electron chi connectivity index (χ3n) is 7.62. The number of carbonyl (C=O) groups is 1. The van der Waals surface area contributed by atoms with Crippen LogP contribution in [0.3, 0.4) is 0 Å². The number of benzene rings is 2. The predicted molar refractivity (Wildman–Crippen MR) is 147 cm³/mol. The molecule has 1 aliphatic carbocycles. The van der Waals surface area contributed by atoms with Gasteiger partial charge in [0, 0.05) is 60.4 Å². The molecule has 2 fully saturated rings. The average Bonchev–Trinajstić information content (AvgIpc) is 3.33. The number of nitro benzene ring substituents is 1. The quantitative estimate of drug-likeness (QED) is 0.248.